The minimum absolute atomic E-state index is 0.0986. The second-order valence-corrected chi connectivity index (χ2v) is 7.55. The van der Waals surface area contributed by atoms with Crippen LogP contribution in [0.2, 0.25) is 0 Å². The highest BCUT2D eigenvalue weighted by atomic mass is 16.5. The van der Waals surface area contributed by atoms with Crippen molar-refractivity contribution in [1.29, 1.82) is 0 Å². The first-order valence-electron chi connectivity index (χ1n) is 11.1. The molecule has 1 rings (SSSR count). The Hall–Kier alpha value is -1.84. The zero-order valence-electron chi connectivity index (χ0n) is 18.0. The van der Waals surface area contributed by atoms with Crippen molar-refractivity contribution in [1.82, 2.24) is 0 Å². The van der Waals surface area contributed by atoms with E-state index in [9.17, 15) is 9.59 Å². The minimum atomic E-state index is -0.351. The Balaban J connectivity index is 2.20. The van der Waals surface area contributed by atoms with Crippen LogP contribution in [0.3, 0.4) is 0 Å². The second kappa shape index (κ2) is 15.1. The van der Waals surface area contributed by atoms with E-state index in [1.807, 2.05) is 6.92 Å². The zero-order valence-corrected chi connectivity index (χ0v) is 18.0. The van der Waals surface area contributed by atoms with Crippen LogP contribution in [0.25, 0.3) is 0 Å². The van der Waals surface area contributed by atoms with Crippen LogP contribution in [0.1, 0.15) is 112 Å². The van der Waals surface area contributed by atoms with Gasteiger partial charge < -0.3 is 9.47 Å². The van der Waals surface area contributed by atoms with E-state index in [-0.39, 0.29) is 18.0 Å². The number of hydrogen-bond acceptors (Lipinski definition) is 4. The smallest absolute Gasteiger partial charge is 0.338 e. The molecule has 28 heavy (non-hydrogen) atoms. The predicted molar refractivity (Wildman–Crippen MR) is 114 cm³/mol. The van der Waals surface area contributed by atoms with Crippen LogP contribution >= 0.6 is 0 Å². The summed E-state index contributed by atoms with van der Waals surface area (Å²) in [4.78, 5) is 24.1. The Morgan fingerprint density at radius 3 is 1.79 bits per heavy atom. The average Bonchev–Trinajstić information content (AvgIpc) is 2.69. The molecule has 1 aromatic rings. The zero-order chi connectivity index (χ0) is 20.6. The highest BCUT2D eigenvalue weighted by Crippen LogP contribution is 2.12. The van der Waals surface area contributed by atoms with Gasteiger partial charge in [-0.2, -0.15) is 0 Å². The van der Waals surface area contributed by atoms with Gasteiger partial charge in [-0.3, -0.25) is 0 Å². The molecule has 0 aromatic heterocycles. The van der Waals surface area contributed by atoms with Crippen molar-refractivity contribution in [3.8, 4) is 0 Å². The van der Waals surface area contributed by atoms with E-state index in [2.05, 4.69) is 13.8 Å². The minimum Gasteiger partial charge on any atom is -0.462 e. The lowest BCUT2D eigenvalue weighted by molar-refractivity contribution is 0.0322. The fourth-order valence-electron chi connectivity index (χ4n) is 3.12. The summed E-state index contributed by atoms with van der Waals surface area (Å²) in [5.74, 6) is -0.686. The quantitative estimate of drug-likeness (QED) is 0.246. The van der Waals surface area contributed by atoms with E-state index in [1.165, 1.54) is 44.9 Å². The molecule has 0 saturated heterocycles. The normalized spacial score (nSPS) is 11.8. The maximum atomic E-state index is 12.1. The summed E-state index contributed by atoms with van der Waals surface area (Å²) >= 11 is 0. The van der Waals surface area contributed by atoms with E-state index < -0.39 is 0 Å². The molecule has 1 aromatic carbocycles. The SMILES string of the molecule is CCCCCCCCCCCOC(=O)c1ccc(C(=O)OC(C)CCC)cc1. The molecular formula is C24H38O4. The summed E-state index contributed by atoms with van der Waals surface area (Å²) in [5, 5.41) is 0. The number of ether oxygens (including phenoxy) is 2. The second-order valence-electron chi connectivity index (χ2n) is 7.55. The topological polar surface area (TPSA) is 52.6 Å². The number of esters is 2. The van der Waals surface area contributed by atoms with Crippen molar-refractivity contribution in [2.45, 2.75) is 97.5 Å². The van der Waals surface area contributed by atoms with Gasteiger partial charge in [-0.1, -0.05) is 71.6 Å². The largest absolute Gasteiger partial charge is 0.462 e. The highest BCUT2D eigenvalue weighted by Gasteiger charge is 2.13. The summed E-state index contributed by atoms with van der Waals surface area (Å²) in [7, 11) is 0. The molecule has 0 N–H and O–H groups in total. The number of hydrogen-bond donors (Lipinski definition) is 0. The van der Waals surface area contributed by atoms with Gasteiger partial charge in [0.2, 0.25) is 0 Å². The van der Waals surface area contributed by atoms with E-state index in [0.717, 1.165) is 25.7 Å². The lowest BCUT2D eigenvalue weighted by atomic mass is 10.1. The van der Waals surface area contributed by atoms with Crippen molar-refractivity contribution in [2.75, 3.05) is 6.61 Å². The predicted octanol–water partition coefficient (Wildman–Crippen LogP) is 6.72. The van der Waals surface area contributed by atoms with Crippen molar-refractivity contribution >= 4 is 11.9 Å². The summed E-state index contributed by atoms with van der Waals surface area (Å²) in [6.45, 7) is 6.63. The third kappa shape index (κ3) is 10.5. The summed E-state index contributed by atoms with van der Waals surface area (Å²) in [6, 6.07) is 6.49. The molecule has 0 aliphatic carbocycles. The maximum Gasteiger partial charge on any atom is 0.338 e. The fraction of sp³-hybridized carbons (Fsp3) is 0.667. The molecule has 0 heterocycles. The number of benzene rings is 1. The van der Waals surface area contributed by atoms with Gasteiger partial charge in [0, 0.05) is 0 Å². The molecule has 0 fully saturated rings. The highest BCUT2D eigenvalue weighted by molar-refractivity contribution is 5.93. The Bertz CT molecular complexity index is 550. The van der Waals surface area contributed by atoms with Gasteiger partial charge in [0.05, 0.1) is 23.8 Å². The number of carbonyl (C=O) groups excluding carboxylic acids is 2. The third-order valence-electron chi connectivity index (χ3n) is 4.84. The van der Waals surface area contributed by atoms with E-state index in [0.29, 0.717) is 17.7 Å². The van der Waals surface area contributed by atoms with Crippen LogP contribution in [0.15, 0.2) is 24.3 Å². The van der Waals surface area contributed by atoms with Gasteiger partial charge in [0.15, 0.2) is 0 Å². The Morgan fingerprint density at radius 2 is 1.25 bits per heavy atom. The molecule has 0 spiro atoms. The molecule has 1 unspecified atom stereocenters. The molecule has 4 heteroatoms. The van der Waals surface area contributed by atoms with Gasteiger partial charge in [-0.05, 0) is 44.0 Å². The van der Waals surface area contributed by atoms with Gasteiger partial charge in [0.25, 0.3) is 0 Å². The van der Waals surface area contributed by atoms with Crippen molar-refractivity contribution in [3.05, 3.63) is 35.4 Å². The van der Waals surface area contributed by atoms with E-state index in [1.54, 1.807) is 24.3 Å². The summed E-state index contributed by atoms with van der Waals surface area (Å²) in [5.41, 5.74) is 0.924. The Kier molecular flexibility index (Phi) is 13.1. The van der Waals surface area contributed by atoms with Crippen LogP contribution in [0, 0.1) is 0 Å². The van der Waals surface area contributed by atoms with Crippen molar-refractivity contribution in [2.24, 2.45) is 0 Å². The van der Waals surface area contributed by atoms with Gasteiger partial charge in [-0.25, -0.2) is 9.59 Å². The van der Waals surface area contributed by atoms with Crippen LogP contribution in [-0.4, -0.2) is 24.6 Å². The molecule has 1 atom stereocenters. The van der Waals surface area contributed by atoms with Crippen molar-refractivity contribution < 1.29 is 19.1 Å². The molecule has 4 nitrogen and oxygen atoms in total. The van der Waals surface area contributed by atoms with Crippen molar-refractivity contribution in [3.63, 3.8) is 0 Å². The molecule has 0 bridgehead atoms. The third-order valence-corrected chi connectivity index (χ3v) is 4.84. The molecule has 0 aliphatic rings. The number of carbonyl (C=O) groups is 2. The molecule has 0 aliphatic heterocycles. The molecule has 0 radical (unpaired) electrons. The fourth-order valence-corrected chi connectivity index (χ4v) is 3.12. The van der Waals surface area contributed by atoms with Crippen LogP contribution in [0.5, 0.6) is 0 Å². The van der Waals surface area contributed by atoms with E-state index >= 15 is 0 Å². The summed E-state index contributed by atoms with van der Waals surface area (Å²) in [6.07, 6.45) is 12.8. The van der Waals surface area contributed by atoms with Gasteiger partial charge in [0.1, 0.15) is 0 Å². The lowest BCUT2D eigenvalue weighted by Gasteiger charge is -2.12. The Labute approximate surface area is 171 Å². The standard InChI is InChI=1S/C24H38O4/c1-4-6-7-8-9-10-11-12-13-19-27-23(25)21-15-17-22(18-16-21)24(26)28-20(3)14-5-2/h15-18,20H,4-14,19H2,1-3H3. The molecule has 0 amide bonds. The average molecular weight is 391 g/mol. The maximum absolute atomic E-state index is 12.1. The number of unbranched alkanes of at least 4 members (excludes halogenated alkanes) is 8. The summed E-state index contributed by atoms with van der Waals surface area (Å²) < 4.78 is 10.7. The number of rotatable bonds is 15. The van der Waals surface area contributed by atoms with Gasteiger partial charge in [-0.15, -0.1) is 0 Å². The first-order valence-corrected chi connectivity index (χ1v) is 11.1. The lowest BCUT2D eigenvalue weighted by Crippen LogP contribution is -2.15. The van der Waals surface area contributed by atoms with Crippen LogP contribution in [0.4, 0.5) is 0 Å². The van der Waals surface area contributed by atoms with Crippen LogP contribution < -0.4 is 0 Å². The molecular weight excluding hydrogens is 352 g/mol. The van der Waals surface area contributed by atoms with Crippen LogP contribution in [-0.2, 0) is 9.47 Å². The first kappa shape index (κ1) is 24.2. The Morgan fingerprint density at radius 1 is 0.750 bits per heavy atom. The van der Waals surface area contributed by atoms with Gasteiger partial charge >= 0.3 is 11.9 Å². The first-order chi connectivity index (χ1) is 13.6. The van der Waals surface area contributed by atoms with E-state index in [4.69, 9.17) is 9.47 Å². The molecule has 0 saturated carbocycles. The molecule has 158 valence electrons. The monoisotopic (exact) mass is 390 g/mol.